The number of pyridine rings is 1. The fourth-order valence-corrected chi connectivity index (χ4v) is 4.48. The van der Waals surface area contributed by atoms with E-state index < -0.39 is 29.2 Å². The van der Waals surface area contributed by atoms with Crippen LogP contribution in [0.4, 0.5) is 9.18 Å². The van der Waals surface area contributed by atoms with Gasteiger partial charge in [0, 0.05) is 25.0 Å². The maximum Gasteiger partial charge on any atom is 0.322 e. The fraction of sp³-hybridized carbons (Fsp3) is 0.174. The fourth-order valence-electron chi connectivity index (χ4n) is 4.48. The zero-order chi connectivity index (χ0) is 24.3. The van der Waals surface area contributed by atoms with Crippen LogP contribution >= 0.6 is 0 Å². The van der Waals surface area contributed by atoms with Crippen LogP contribution < -0.4 is 15.4 Å². The third-order valence-corrected chi connectivity index (χ3v) is 6.19. The first-order valence-electron chi connectivity index (χ1n) is 10.6. The average Bonchev–Trinajstić information content (AvgIpc) is 3.61. The van der Waals surface area contributed by atoms with Crippen LogP contribution in [0.3, 0.4) is 0 Å². The van der Waals surface area contributed by atoms with Crippen molar-refractivity contribution in [3.63, 3.8) is 0 Å². The summed E-state index contributed by atoms with van der Waals surface area (Å²) in [4.78, 5) is 48.2. The first-order chi connectivity index (χ1) is 16.9. The van der Waals surface area contributed by atoms with E-state index in [4.69, 9.17) is 9.15 Å². The Kier molecular flexibility index (Phi) is 4.40. The second kappa shape index (κ2) is 7.38. The van der Waals surface area contributed by atoms with E-state index >= 15 is 0 Å². The van der Waals surface area contributed by atoms with E-state index in [0.29, 0.717) is 22.5 Å². The van der Waals surface area contributed by atoms with Crippen LogP contribution in [0.1, 0.15) is 21.7 Å². The monoisotopic (exact) mass is 476 g/mol. The van der Waals surface area contributed by atoms with Crippen molar-refractivity contribution in [1.82, 2.24) is 30.1 Å². The molecule has 2 aliphatic heterocycles. The number of hydrogen-bond donors (Lipinski definition) is 2. The van der Waals surface area contributed by atoms with Crippen LogP contribution in [0.2, 0.25) is 0 Å². The number of carbonyl (C=O) groups excluding carboxylic acids is 3. The molecule has 1 fully saturated rings. The molecule has 0 unspecified atom stereocenters. The number of aromatic nitrogens is 3. The van der Waals surface area contributed by atoms with Gasteiger partial charge >= 0.3 is 6.03 Å². The van der Waals surface area contributed by atoms with Crippen molar-refractivity contribution in [2.24, 2.45) is 0 Å². The van der Waals surface area contributed by atoms with Crippen molar-refractivity contribution in [2.45, 2.75) is 12.1 Å². The van der Waals surface area contributed by atoms with E-state index in [0.717, 1.165) is 0 Å². The molecule has 0 saturated carbocycles. The number of methoxy groups -OCH3 is 1. The van der Waals surface area contributed by atoms with Gasteiger partial charge in [-0.2, -0.15) is 0 Å². The summed E-state index contributed by atoms with van der Waals surface area (Å²) in [5, 5.41) is 4.81. The zero-order valence-electron chi connectivity index (χ0n) is 18.2. The van der Waals surface area contributed by atoms with Crippen molar-refractivity contribution in [2.75, 3.05) is 13.7 Å². The van der Waals surface area contributed by atoms with Gasteiger partial charge in [0.2, 0.25) is 0 Å². The van der Waals surface area contributed by atoms with Crippen LogP contribution in [0.25, 0.3) is 16.9 Å². The Bertz CT molecular complexity index is 1530. The quantitative estimate of drug-likeness (QED) is 0.420. The Morgan fingerprint density at radius 3 is 2.80 bits per heavy atom. The molecule has 35 heavy (non-hydrogen) atoms. The third-order valence-electron chi connectivity index (χ3n) is 6.19. The van der Waals surface area contributed by atoms with Crippen molar-refractivity contribution in [1.29, 1.82) is 0 Å². The van der Waals surface area contributed by atoms with Gasteiger partial charge in [-0.25, -0.2) is 19.2 Å². The lowest BCUT2D eigenvalue weighted by atomic mass is 9.95. The molecular formula is C23H17FN6O5. The molecule has 0 spiro atoms. The highest BCUT2D eigenvalue weighted by atomic mass is 19.1. The summed E-state index contributed by atoms with van der Waals surface area (Å²) in [5.41, 5.74) is -0.592. The van der Waals surface area contributed by atoms with Crippen LogP contribution in [-0.2, 0) is 16.9 Å². The van der Waals surface area contributed by atoms with Crippen LogP contribution in [0.5, 0.6) is 5.75 Å². The summed E-state index contributed by atoms with van der Waals surface area (Å²) in [5.74, 6) is -1.48. The number of nitrogens with one attached hydrogen (secondary N) is 2. The van der Waals surface area contributed by atoms with Gasteiger partial charge in [-0.15, -0.1) is 0 Å². The normalized spacial score (nSPS) is 19.3. The van der Waals surface area contributed by atoms with Crippen molar-refractivity contribution >= 4 is 28.9 Å². The molecule has 0 radical (unpaired) electrons. The molecule has 1 atom stereocenters. The molecule has 176 valence electrons. The van der Waals surface area contributed by atoms with Gasteiger partial charge in [0.15, 0.2) is 22.7 Å². The number of imidazole rings is 1. The van der Waals surface area contributed by atoms with Crippen molar-refractivity contribution < 1.29 is 27.9 Å². The first kappa shape index (κ1) is 20.8. The SMILES string of the molecule is COc1ccc2c(c1F)C(=O)N(C[C@@]1(c3cc4nc(-n5ccnc5)ccc4o3)NC(=O)NC1=O)C2. The molecule has 2 aliphatic rings. The number of halogens is 1. The average molecular weight is 476 g/mol. The highest BCUT2D eigenvalue weighted by Gasteiger charge is 2.53. The number of imide groups is 1. The molecule has 1 saturated heterocycles. The van der Waals surface area contributed by atoms with E-state index in [-0.39, 0.29) is 30.2 Å². The predicted molar refractivity (Wildman–Crippen MR) is 117 cm³/mol. The predicted octanol–water partition coefficient (Wildman–Crippen LogP) is 1.85. The number of hydrogen-bond acceptors (Lipinski definition) is 7. The summed E-state index contributed by atoms with van der Waals surface area (Å²) in [6.07, 6.45) is 4.93. The van der Waals surface area contributed by atoms with E-state index in [9.17, 15) is 18.8 Å². The number of fused-ring (bicyclic) bond motifs is 2. The number of furan rings is 1. The highest BCUT2D eigenvalue weighted by Crippen LogP contribution is 2.36. The summed E-state index contributed by atoms with van der Waals surface area (Å²) in [7, 11) is 1.31. The highest BCUT2D eigenvalue weighted by molar-refractivity contribution is 6.08. The Morgan fingerprint density at radius 2 is 2.09 bits per heavy atom. The lowest BCUT2D eigenvalue weighted by molar-refractivity contribution is -0.125. The van der Waals surface area contributed by atoms with Gasteiger partial charge in [-0.05, 0) is 23.8 Å². The van der Waals surface area contributed by atoms with Gasteiger partial charge in [0.1, 0.15) is 23.4 Å². The summed E-state index contributed by atoms with van der Waals surface area (Å²) < 4.78 is 27.4. The molecule has 3 aromatic heterocycles. The van der Waals surface area contributed by atoms with Gasteiger partial charge in [0.05, 0.1) is 19.2 Å². The van der Waals surface area contributed by atoms with Crippen LogP contribution in [-0.4, -0.2) is 50.9 Å². The Balaban J connectivity index is 1.40. The Morgan fingerprint density at radius 1 is 1.23 bits per heavy atom. The molecule has 4 amide bonds. The minimum absolute atomic E-state index is 0.0449. The molecule has 12 heteroatoms. The molecule has 0 aliphatic carbocycles. The lowest BCUT2D eigenvalue weighted by Gasteiger charge is -2.28. The number of amides is 4. The molecule has 6 rings (SSSR count). The number of ether oxygens (including phenoxy) is 1. The van der Waals surface area contributed by atoms with Crippen molar-refractivity contribution in [3.8, 4) is 11.6 Å². The number of rotatable bonds is 5. The van der Waals surface area contributed by atoms with Gasteiger partial charge in [0.25, 0.3) is 11.8 Å². The Hall–Kier alpha value is -4.74. The number of carbonyl (C=O) groups is 3. The number of urea groups is 1. The molecule has 2 N–H and O–H groups in total. The van der Waals surface area contributed by atoms with Crippen molar-refractivity contribution in [3.05, 3.63) is 71.8 Å². The van der Waals surface area contributed by atoms with E-state index in [1.165, 1.54) is 24.1 Å². The van der Waals surface area contributed by atoms with E-state index in [1.807, 2.05) is 0 Å². The number of benzene rings is 1. The Labute approximate surface area is 196 Å². The molecule has 1 aromatic carbocycles. The molecule has 5 heterocycles. The smallest absolute Gasteiger partial charge is 0.322 e. The third kappa shape index (κ3) is 3.06. The maximum atomic E-state index is 14.8. The van der Waals surface area contributed by atoms with Crippen LogP contribution in [0, 0.1) is 5.82 Å². The largest absolute Gasteiger partial charge is 0.494 e. The van der Waals surface area contributed by atoms with Gasteiger partial charge < -0.3 is 19.4 Å². The van der Waals surface area contributed by atoms with Gasteiger partial charge in [-0.3, -0.25) is 19.5 Å². The molecule has 11 nitrogen and oxygen atoms in total. The maximum absolute atomic E-state index is 14.8. The van der Waals surface area contributed by atoms with E-state index in [2.05, 4.69) is 20.6 Å². The first-order valence-corrected chi connectivity index (χ1v) is 10.6. The minimum atomic E-state index is -1.73. The van der Waals surface area contributed by atoms with Gasteiger partial charge in [-0.1, -0.05) is 6.07 Å². The minimum Gasteiger partial charge on any atom is -0.494 e. The molecule has 0 bridgehead atoms. The molecule has 4 aromatic rings. The topological polar surface area (TPSA) is 132 Å². The summed E-state index contributed by atoms with van der Waals surface area (Å²) in [6, 6.07) is 7.24. The lowest BCUT2D eigenvalue weighted by Crippen LogP contribution is -2.52. The molecular weight excluding hydrogens is 459 g/mol. The second-order valence-corrected chi connectivity index (χ2v) is 8.22. The second-order valence-electron chi connectivity index (χ2n) is 8.22. The van der Waals surface area contributed by atoms with E-state index in [1.54, 1.807) is 41.5 Å². The summed E-state index contributed by atoms with van der Waals surface area (Å²) >= 11 is 0. The van der Waals surface area contributed by atoms with Crippen LogP contribution in [0.15, 0.2) is 53.5 Å². The zero-order valence-corrected chi connectivity index (χ0v) is 18.2. The number of nitrogens with zero attached hydrogens (tertiary/aromatic N) is 4. The standard InChI is InChI=1S/C23H17FN6O5/c1-34-15-3-2-12-9-30(20(31)18(12)19(15)24)10-23(21(32)27-22(33)28-23)16-8-13-14(35-16)4-5-17(26-13)29-7-6-25-11-29/h2-8,11H,9-10H2,1H3,(H2,27,28,32,33)/t23-/m0/s1. The summed E-state index contributed by atoms with van der Waals surface area (Å²) in [6.45, 7) is -0.239.